The Hall–Kier alpha value is -2.27. The third-order valence-electron chi connectivity index (χ3n) is 5.57. The third-order valence-corrected chi connectivity index (χ3v) is 5.57. The Morgan fingerprint density at radius 2 is 1.94 bits per heavy atom. The maximum atomic E-state index is 11.8. The molecule has 0 spiro atoms. The van der Waals surface area contributed by atoms with E-state index in [2.05, 4.69) is 26.6 Å². The number of carbonyl (C=O) groups excluding carboxylic acids is 1. The summed E-state index contributed by atoms with van der Waals surface area (Å²) in [5.74, 6) is 2.33. The van der Waals surface area contributed by atoms with Crippen LogP contribution >= 0.6 is 24.0 Å². The normalized spacial score (nSPS) is 15.1. The molecule has 0 aliphatic carbocycles. The molecule has 3 rings (SSSR count). The molecule has 1 aromatic carbocycles. The number of carbonyl (C=O) groups is 1. The average molecular weight is 556 g/mol. The predicted octanol–water partition coefficient (Wildman–Crippen LogP) is 3.50. The second-order valence-electron chi connectivity index (χ2n) is 7.48. The number of aliphatic imine (C=N–C) groups is 1. The Morgan fingerprint density at radius 1 is 1.22 bits per heavy atom. The molecule has 1 fully saturated rings. The van der Waals surface area contributed by atoms with E-state index >= 15 is 0 Å². The molecule has 0 bridgehead atoms. The molecule has 8 nitrogen and oxygen atoms in total. The largest absolute Gasteiger partial charge is 0.496 e. The molecule has 2 aromatic rings. The van der Waals surface area contributed by atoms with Crippen molar-refractivity contribution in [2.24, 2.45) is 4.99 Å². The summed E-state index contributed by atoms with van der Waals surface area (Å²) in [6.45, 7) is 4.97. The highest BCUT2D eigenvalue weighted by molar-refractivity contribution is 14.0. The Balaban J connectivity index is 0.00000363. The maximum absolute atomic E-state index is 11.8. The van der Waals surface area contributed by atoms with Gasteiger partial charge in [-0.05, 0) is 45.0 Å². The number of furan rings is 1. The summed E-state index contributed by atoms with van der Waals surface area (Å²) < 4.78 is 16.1. The molecule has 1 saturated heterocycles. The number of esters is 1. The van der Waals surface area contributed by atoms with E-state index in [-0.39, 0.29) is 30.0 Å². The molecule has 2 N–H and O–H groups in total. The Kier molecular flexibility index (Phi) is 10.3. The Labute approximate surface area is 206 Å². The fourth-order valence-electron chi connectivity index (χ4n) is 3.96. The van der Waals surface area contributed by atoms with Crippen molar-refractivity contribution in [2.45, 2.75) is 32.4 Å². The number of nitrogens with one attached hydrogen (secondary N) is 2. The molecule has 1 aliphatic heterocycles. The second-order valence-corrected chi connectivity index (χ2v) is 7.48. The highest BCUT2D eigenvalue weighted by atomic mass is 127. The number of benzene rings is 1. The van der Waals surface area contributed by atoms with Crippen molar-refractivity contribution in [1.29, 1.82) is 0 Å². The molecular formula is C23H33IN4O4. The first-order chi connectivity index (χ1) is 15.1. The summed E-state index contributed by atoms with van der Waals surface area (Å²) in [6, 6.07) is 10.0. The average Bonchev–Trinajstić information content (AvgIpc) is 3.45. The first kappa shape index (κ1) is 26.0. The predicted molar refractivity (Wildman–Crippen MR) is 135 cm³/mol. The minimum atomic E-state index is -0.403. The van der Waals surface area contributed by atoms with Gasteiger partial charge in [0.2, 0.25) is 0 Å². The van der Waals surface area contributed by atoms with Crippen LogP contribution in [-0.2, 0) is 11.3 Å². The van der Waals surface area contributed by atoms with Crippen molar-refractivity contribution in [3.05, 3.63) is 53.0 Å². The molecule has 9 heteroatoms. The van der Waals surface area contributed by atoms with Gasteiger partial charge in [-0.15, -0.1) is 24.0 Å². The van der Waals surface area contributed by atoms with Crippen LogP contribution in [-0.4, -0.2) is 57.7 Å². The molecule has 0 amide bonds. The summed E-state index contributed by atoms with van der Waals surface area (Å²) in [7, 11) is 4.80. The fourth-order valence-corrected chi connectivity index (χ4v) is 3.96. The number of ether oxygens (including phenoxy) is 2. The molecule has 32 heavy (non-hydrogen) atoms. The van der Waals surface area contributed by atoms with Crippen LogP contribution in [0.5, 0.6) is 5.75 Å². The quantitative estimate of drug-likeness (QED) is 0.223. The zero-order valence-corrected chi connectivity index (χ0v) is 21.5. The SMILES string of the molecule is CN=C(NCc1cc(C(=O)OC)c(C)o1)NCC(c1ccccc1OC)N1CCCC1.I. The van der Waals surface area contributed by atoms with Gasteiger partial charge in [-0.3, -0.25) is 9.89 Å². The van der Waals surface area contributed by atoms with E-state index in [0.717, 1.165) is 18.8 Å². The van der Waals surface area contributed by atoms with Gasteiger partial charge in [0.1, 0.15) is 22.8 Å². The van der Waals surface area contributed by atoms with Crippen molar-refractivity contribution < 1.29 is 18.7 Å². The van der Waals surface area contributed by atoms with Gasteiger partial charge in [-0.1, -0.05) is 18.2 Å². The molecule has 1 atom stereocenters. The Morgan fingerprint density at radius 3 is 2.59 bits per heavy atom. The highest BCUT2D eigenvalue weighted by Crippen LogP contribution is 2.31. The molecule has 1 aromatic heterocycles. The number of rotatable bonds is 8. The number of halogens is 1. The lowest BCUT2D eigenvalue weighted by atomic mass is 10.0. The van der Waals surface area contributed by atoms with E-state index in [9.17, 15) is 4.79 Å². The molecule has 2 heterocycles. The van der Waals surface area contributed by atoms with E-state index in [4.69, 9.17) is 13.9 Å². The topological polar surface area (TPSA) is 88.3 Å². The first-order valence-corrected chi connectivity index (χ1v) is 10.6. The van der Waals surface area contributed by atoms with Gasteiger partial charge < -0.3 is 24.5 Å². The van der Waals surface area contributed by atoms with E-state index in [1.165, 1.54) is 25.5 Å². The molecule has 0 radical (unpaired) electrons. The lowest BCUT2D eigenvalue weighted by Gasteiger charge is -2.30. The molecule has 1 unspecified atom stereocenters. The lowest BCUT2D eigenvalue weighted by Crippen LogP contribution is -2.42. The van der Waals surface area contributed by atoms with Gasteiger partial charge in [-0.25, -0.2) is 4.79 Å². The number of nitrogens with zero attached hydrogens (tertiary/aromatic N) is 2. The molecular weight excluding hydrogens is 523 g/mol. The van der Waals surface area contributed by atoms with Gasteiger partial charge in [0.15, 0.2) is 5.96 Å². The summed E-state index contributed by atoms with van der Waals surface area (Å²) in [5, 5.41) is 6.68. The van der Waals surface area contributed by atoms with Crippen molar-refractivity contribution in [3.63, 3.8) is 0 Å². The molecule has 0 saturated carbocycles. The van der Waals surface area contributed by atoms with Crippen LogP contribution in [0.25, 0.3) is 0 Å². The Bertz CT molecular complexity index is 909. The third kappa shape index (κ3) is 6.38. The van der Waals surface area contributed by atoms with Crippen molar-refractivity contribution >= 4 is 35.9 Å². The maximum Gasteiger partial charge on any atom is 0.341 e. The standard InChI is InChI=1S/C23H32N4O4.HI/c1-16-19(22(28)30-4)13-17(31-16)14-25-23(24-2)26-15-20(27-11-7-8-12-27)18-9-5-6-10-21(18)29-3;/h5-6,9-10,13,20H,7-8,11-12,14-15H2,1-4H3,(H2,24,25,26);1H. The van der Waals surface area contributed by atoms with Crippen molar-refractivity contribution in [3.8, 4) is 5.75 Å². The lowest BCUT2D eigenvalue weighted by molar-refractivity contribution is 0.0599. The monoisotopic (exact) mass is 556 g/mol. The number of hydrogen-bond donors (Lipinski definition) is 2. The van der Waals surface area contributed by atoms with Crippen molar-refractivity contribution in [1.82, 2.24) is 15.5 Å². The van der Waals surface area contributed by atoms with Gasteiger partial charge in [0, 0.05) is 19.2 Å². The summed E-state index contributed by atoms with van der Waals surface area (Å²) in [5.41, 5.74) is 1.60. The van der Waals surface area contributed by atoms with E-state index in [1.54, 1.807) is 27.1 Å². The minimum absolute atomic E-state index is 0. The summed E-state index contributed by atoms with van der Waals surface area (Å²) >= 11 is 0. The summed E-state index contributed by atoms with van der Waals surface area (Å²) in [4.78, 5) is 18.6. The summed E-state index contributed by atoms with van der Waals surface area (Å²) in [6.07, 6.45) is 2.41. The van der Waals surface area contributed by atoms with E-state index in [0.29, 0.717) is 36.1 Å². The van der Waals surface area contributed by atoms with Crippen LogP contribution in [0.1, 0.15) is 46.3 Å². The van der Waals surface area contributed by atoms with Crippen LogP contribution in [0.4, 0.5) is 0 Å². The highest BCUT2D eigenvalue weighted by Gasteiger charge is 2.26. The van der Waals surface area contributed by atoms with Gasteiger partial charge in [-0.2, -0.15) is 0 Å². The smallest absolute Gasteiger partial charge is 0.341 e. The van der Waals surface area contributed by atoms with Crippen LogP contribution < -0.4 is 15.4 Å². The van der Waals surface area contributed by atoms with Crippen LogP contribution in [0, 0.1) is 6.92 Å². The zero-order valence-electron chi connectivity index (χ0n) is 19.1. The molecule has 176 valence electrons. The van der Waals surface area contributed by atoms with E-state index in [1.807, 2.05) is 18.2 Å². The fraction of sp³-hybridized carbons (Fsp3) is 0.478. The van der Waals surface area contributed by atoms with Crippen LogP contribution in [0.3, 0.4) is 0 Å². The van der Waals surface area contributed by atoms with E-state index < -0.39 is 5.97 Å². The number of likely N-dealkylation sites (tertiary alicyclic amines) is 1. The van der Waals surface area contributed by atoms with Gasteiger partial charge in [0.05, 0.1) is 26.8 Å². The van der Waals surface area contributed by atoms with Gasteiger partial charge in [0.25, 0.3) is 0 Å². The number of guanidine groups is 1. The second kappa shape index (κ2) is 12.7. The number of aryl methyl sites for hydroxylation is 1. The zero-order chi connectivity index (χ0) is 22.2. The van der Waals surface area contributed by atoms with Gasteiger partial charge >= 0.3 is 5.97 Å². The minimum Gasteiger partial charge on any atom is -0.496 e. The molecule has 1 aliphatic rings. The van der Waals surface area contributed by atoms with Crippen molar-refractivity contribution in [2.75, 3.05) is 40.9 Å². The van der Waals surface area contributed by atoms with Crippen LogP contribution in [0.2, 0.25) is 0 Å². The number of methoxy groups -OCH3 is 2. The first-order valence-electron chi connectivity index (χ1n) is 10.6. The van der Waals surface area contributed by atoms with Crippen LogP contribution in [0.15, 0.2) is 39.7 Å². The number of hydrogen-bond acceptors (Lipinski definition) is 6. The number of para-hydroxylation sites is 1.